The van der Waals surface area contributed by atoms with Crippen LogP contribution in [0.15, 0.2) is 55.8 Å². The molecule has 0 atom stereocenters. The largest absolute Gasteiger partial charge is 0.457 e. The summed E-state index contributed by atoms with van der Waals surface area (Å²) in [4.78, 5) is 17.9. The van der Waals surface area contributed by atoms with Gasteiger partial charge in [-0.2, -0.15) is 9.39 Å². The van der Waals surface area contributed by atoms with E-state index in [1.54, 1.807) is 29.2 Å². The molecule has 1 N–H and O–H groups in total. The Kier molecular flexibility index (Phi) is 4.71. The number of carbonyl (C=O) groups is 1. The van der Waals surface area contributed by atoms with Gasteiger partial charge in [0.25, 0.3) is 5.91 Å². The molecule has 0 fully saturated rings. The molecule has 9 heteroatoms. The maximum Gasteiger partial charge on any atom is 0.283 e. The van der Waals surface area contributed by atoms with Crippen molar-refractivity contribution in [2.75, 3.05) is 5.75 Å². The van der Waals surface area contributed by atoms with Crippen LogP contribution in [0.5, 0.6) is 0 Å². The van der Waals surface area contributed by atoms with Crippen LogP contribution in [0.4, 0.5) is 4.39 Å². The van der Waals surface area contributed by atoms with E-state index in [0.717, 1.165) is 23.3 Å². The third kappa shape index (κ3) is 3.35. The Hall–Kier alpha value is -2.65. The van der Waals surface area contributed by atoms with Gasteiger partial charge in [-0.15, -0.1) is 0 Å². The number of rotatable bonds is 3. The summed E-state index contributed by atoms with van der Waals surface area (Å²) in [6.45, 7) is 1.99. The van der Waals surface area contributed by atoms with Crippen molar-refractivity contribution >= 4 is 51.9 Å². The van der Waals surface area contributed by atoms with Gasteiger partial charge in [0.1, 0.15) is 23.2 Å². The molecular weight excluding hydrogens is 387 g/mol. The number of carbonyl (C=O) groups excluding carboxylic acids is 1. The second-order valence-electron chi connectivity index (χ2n) is 5.55. The monoisotopic (exact) mass is 400 g/mol. The predicted octanol–water partition coefficient (Wildman–Crippen LogP) is 4.42. The highest BCUT2D eigenvalue weighted by molar-refractivity contribution is 8.19. The molecule has 1 aromatic heterocycles. The quantitative estimate of drug-likeness (QED) is 0.609. The summed E-state index contributed by atoms with van der Waals surface area (Å²) in [6.07, 6.45) is 1.50. The second kappa shape index (κ2) is 7.16. The van der Waals surface area contributed by atoms with E-state index >= 15 is 0 Å². The van der Waals surface area contributed by atoms with Crippen molar-refractivity contribution in [3.8, 4) is 11.3 Å². The highest BCUT2D eigenvalue weighted by atomic mass is 32.2. The van der Waals surface area contributed by atoms with Crippen LogP contribution in [0.2, 0.25) is 0 Å². The first-order chi connectivity index (χ1) is 13.1. The maximum absolute atomic E-state index is 13.1. The number of nitrogens with one attached hydrogen (secondary N) is 1. The fourth-order valence-electron chi connectivity index (χ4n) is 2.57. The molecule has 1 aromatic carbocycles. The van der Waals surface area contributed by atoms with E-state index < -0.39 is 5.91 Å². The number of hydrogen-bond acceptors (Lipinski definition) is 6. The number of furan rings is 1. The van der Waals surface area contributed by atoms with Crippen molar-refractivity contribution in [2.24, 2.45) is 9.39 Å². The summed E-state index contributed by atoms with van der Waals surface area (Å²) in [5.41, 5.74) is 0.849. The lowest BCUT2D eigenvalue weighted by Gasteiger charge is -2.23. The third-order valence-corrected chi connectivity index (χ3v) is 5.45. The van der Waals surface area contributed by atoms with Gasteiger partial charge in [-0.1, -0.05) is 18.7 Å². The average molecular weight is 400 g/mol. The summed E-state index contributed by atoms with van der Waals surface area (Å²) in [5.74, 6) is 0.943. The van der Waals surface area contributed by atoms with Gasteiger partial charge in [-0.05, 0) is 48.2 Å². The highest BCUT2D eigenvalue weighted by Gasteiger charge is 2.37. The van der Waals surface area contributed by atoms with Crippen LogP contribution in [0.1, 0.15) is 12.7 Å². The standard InChI is InChI=1S/C18H13FN4O2S2/c1-2-26-18-22-27-17-21-16(24)13(15(20)23(17)18)9-12-7-8-14(25-12)10-3-5-11(19)6-4-10/h3-9,20H,2H2,1H3/b13-9-,20-15?. The molecule has 136 valence electrons. The summed E-state index contributed by atoms with van der Waals surface area (Å²) < 4.78 is 23.1. The number of hydrogen-bond donors (Lipinski definition) is 1. The lowest BCUT2D eigenvalue weighted by Crippen LogP contribution is -2.41. The molecule has 2 aliphatic heterocycles. The molecule has 0 saturated heterocycles. The summed E-state index contributed by atoms with van der Waals surface area (Å²) >= 11 is 2.57. The second-order valence-corrected chi connectivity index (χ2v) is 7.51. The number of fused-ring (bicyclic) bond motifs is 1. The predicted molar refractivity (Wildman–Crippen MR) is 107 cm³/mol. The Labute approximate surface area is 162 Å². The first-order valence-electron chi connectivity index (χ1n) is 8.04. The number of benzene rings is 1. The molecule has 0 radical (unpaired) electrons. The zero-order chi connectivity index (χ0) is 19.0. The number of amidine groups is 3. The number of amides is 1. The van der Waals surface area contributed by atoms with Gasteiger partial charge in [0.15, 0.2) is 5.17 Å². The first kappa shape index (κ1) is 17.7. The molecule has 0 aliphatic carbocycles. The third-order valence-electron chi connectivity index (χ3n) is 3.81. The Morgan fingerprint density at radius 3 is 2.81 bits per heavy atom. The van der Waals surface area contributed by atoms with Gasteiger partial charge < -0.3 is 4.42 Å². The van der Waals surface area contributed by atoms with Crippen molar-refractivity contribution in [3.05, 3.63) is 53.5 Å². The van der Waals surface area contributed by atoms with Gasteiger partial charge >= 0.3 is 0 Å². The minimum absolute atomic E-state index is 0.0226. The summed E-state index contributed by atoms with van der Waals surface area (Å²) in [6, 6.07) is 9.35. The number of thioether (sulfide) groups is 1. The van der Waals surface area contributed by atoms with Crippen LogP contribution < -0.4 is 0 Å². The van der Waals surface area contributed by atoms with E-state index in [1.165, 1.54) is 30.0 Å². The molecule has 0 spiro atoms. The molecule has 0 bridgehead atoms. The number of nitrogens with zero attached hydrogens (tertiary/aromatic N) is 3. The van der Waals surface area contributed by atoms with E-state index in [9.17, 15) is 9.18 Å². The average Bonchev–Trinajstić information content (AvgIpc) is 3.27. The zero-order valence-electron chi connectivity index (χ0n) is 14.1. The minimum Gasteiger partial charge on any atom is -0.457 e. The zero-order valence-corrected chi connectivity index (χ0v) is 15.7. The van der Waals surface area contributed by atoms with E-state index in [0.29, 0.717) is 21.9 Å². The van der Waals surface area contributed by atoms with Gasteiger partial charge in [0, 0.05) is 5.56 Å². The summed E-state index contributed by atoms with van der Waals surface area (Å²) in [5, 5.41) is 9.45. The fourth-order valence-corrected chi connectivity index (χ4v) is 4.14. The molecule has 2 aliphatic rings. The van der Waals surface area contributed by atoms with Crippen LogP contribution in [-0.4, -0.2) is 32.7 Å². The maximum atomic E-state index is 13.1. The van der Waals surface area contributed by atoms with Crippen molar-refractivity contribution < 1.29 is 13.6 Å². The Morgan fingerprint density at radius 1 is 1.30 bits per heavy atom. The smallest absolute Gasteiger partial charge is 0.283 e. The molecule has 27 heavy (non-hydrogen) atoms. The highest BCUT2D eigenvalue weighted by Crippen LogP contribution is 2.32. The van der Waals surface area contributed by atoms with Crippen molar-refractivity contribution in [1.29, 1.82) is 5.41 Å². The topological polar surface area (TPSA) is 82.0 Å². The SMILES string of the molecule is CCSC1=NSC2=NC(=O)/C(=C\c3ccc(-c4ccc(F)cc4)o3)C(=N)N12. The van der Waals surface area contributed by atoms with E-state index in [-0.39, 0.29) is 17.2 Å². The molecular formula is C18H13FN4O2S2. The normalized spacial score (nSPS) is 18.0. The minimum atomic E-state index is -0.503. The molecule has 1 amide bonds. The molecule has 3 heterocycles. The number of aliphatic imine (C=N–C) groups is 1. The van der Waals surface area contributed by atoms with Crippen LogP contribution in [-0.2, 0) is 4.79 Å². The lowest BCUT2D eigenvalue weighted by atomic mass is 10.1. The molecule has 0 saturated carbocycles. The van der Waals surface area contributed by atoms with Crippen LogP contribution in [0.25, 0.3) is 17.4 Å². The fraction of sp³-hybridized carbons (Fsp3) is 0.111. The Balaban J connectivity index is 1.64. The van der Waals surface area contributed by atoms with Crippen LogP contribution in [0, 0.1) is 11.2 Å². The first-order valence-corrected chi connectivity index (χ1v) is 9.80. The van der Waals surface area contributed by atoms with Gasteiger partial charge in [-0.3, -0.25) is 10.2 Å². The molecule has 4 rings (SSSR count). The van der Waals surface area contributed by atoms with Gasteiger partial charge in [0.05, 0.1) is 17.5 Å². The van der Waals surface area contributed by atoms with Crippen molar-refractivity contribution in [1.82, 2.24) is 4.90 Å². The van der Waals surface area contributed by atoms with Gasteiger partial charge in [-0.25, -0.2) is 9.29 Å². The Morgan fingerprint density at radius 2 is 2.07 bits per heavy atom. The molecule has 0 unspecified atom stereocenters. The van der Waals surface area contributed by atoms with Crippen LogP contribution in [0.3, 0.4) is 0 Å². The lowest BCUT2D eigenvalue weighted by molar-refractivity contribution is -0.114. The molecule has 2 aromatic rings. The summed E-state index contributed by atoms with van der Waals surface area (Å²) in [7, 11) is 0. The van der Waals surface area contributed by atoms with Crippen molar-refractivity contribution in [3.63, 3.8) is 0 Å². The van der Waals surface area contributed by atoms with E-state index in [1.807, 2.05) is 6.92 Å². The van der Waals surface area contributed by atoms with E-state index in [4.69, 9.17) is 9.83 Å². The van der Waals surface area contributed by atoms with E-state index in [2.05, 4.69) is 9.39 Å². The molecule has 6 nitrogen and oxygen atoms in total. The van der Waals surface area contributed by atoms with Gasteiger partial charge in [0.2, 0.25) is 5.17 Å². The van der Waals surface area contributed by atoms with Crippen LogP contribution >= 0.6 is 23.7 Å². The van der Waals surface area contributed by atoms with Crippen molar-refractivity contribution in [2.45, 2.75) is 6.92 Å². The Bertz CT molecular complexity index is 1020. The number of halogens is 1.